The van der Waals surface area contributed by atoms with Gasteiger partial charge in [-0.2, -0.15) is 5.26 Å². The first-order valence-electron chi connectivity index (χ1n) is 8.46. The maximum atomic E-state index is 12.3. The van der Waals surface area contributed by atoms with E-state index in [2.05, 4.69) is 15.0 Å². The third-order valence-corrected chi connectivity index (χ3v) is 4.95. The molecule has 1 aromatic heterocycles. The van der Waals surface area contributed by atoms with Crippen LogP contribution < -0.4 is 14.8 Å². The fraction of sp³-hybridized carbons (Fsp3) is 0.333. The van der Waals surface area contributed by atoms with E-state index in [1.54, 1.807) is 30.5 Å². The van der Waals surface area contributed by atoms with Crippen LogP contribution in [0, 0.1) is 11.3 Å². The molecule has 2 N–H and O–H groups in total. The quantitative estimate of drug-likeness (QED) is 0.562. The number of pyridine rings is 1. The van der Waals surface area contributed by atoms with E-state index in [4.69, 9.17) is 14.7 Å². The van der Waals surface area contributed by atoms with Gasteiger partial charge in [0.25, 0.3) is 0 Å². The van der Waals surface area contributed by atoms with Crippen molar-refractivity contribution >= 4 is 15.8 Å². The molecule has 9 heteroatoms. The van der Waals surface area contributed by atoms with Crippen molar-refractivity contribution in [3.63, 3.8) is 0 Å². The van der Waals surface area contributed by atoms with Crippen LogP contribution in [0.1, 0.15) is 12.5 Å². The highest BCUT2D eigenvalue weighted by Crippen LogP contribution is 2.16. The second-order valence-electron chi connectivity index (χ2n) is 5.35. The number of nitriles is 1. The van der Waals surface area contributed by atoms with Gasteiger partial charge >= 0.3 is 0 Å². The number of hydrogen-bond donors (Lipinski definition) is 2. The highest BCUT2D eigenvalue weighted by Gasteiger charge is 2.13. The summed E-state index contributed by atoms with van der Waals surface area (Å²) in [6.45, 7) is 3.86. The van der Waals surface area contributed by atoms with Crippen molar-refractivity contribution in [1.29, 1.82) is 5.26 Å². The molecule has 1 aromatic carbocycles. The molecular formula is C18H22N4O4S. The van der Waals surface area contributed by atoms with E-state index in [1.165, 1.54) is 12.1 Å². The second kappa shape index (κ2) is 10.5. The Morgan fingerprint density at radius 3 is 2.63 bits per heavy atom. The van der Waals surface area contributed by atoms with Crippen molar-refractivity contribution in [2.45, 2.75) is 11.8 Å². The SMILES string of the molecule is CCOCCOc1ccc(S(=O)(=O)NCCNc2ncccc2C#N)cc1. The zero-order valence-corrected chi connectivity index (χ0v) is 15.8. The van der Waals surface area contributed by atoms with Crippen molar-refractivity contribution < 1.29 is 17.9 Å². The summed E-state index contributed by atoms with van der Waals surface area (Å²) in [5.74, 6) is 1.00. The minimum atomic E-state index is -3.63. The van der Waals surface area contributed by atoms with E-state index >= 15 is 0 Å². The summed E-state index contributed by atoms with van der Waals surface area (Å²) in [6, 6.07) is 11.5. The van der Waals surface area contributed by atoms with Crippen molar-refractivity contribution in [3.8, 4) is 11.8 Å². The molecule has 0 radical (unpaired) electrons. The molecular weight excluding hydrogens is 368 g/mol. The molecule has 144 valence electrons. The zero-order chi connectivity index (χ0) is 19.5. The topological polar surface area (TPSA) is 113 Å². The van der Waals surface area contributed by atoms with Crippen molar-refractivity contribution in [2.24, 2.45) is 0 Å². The van der Waals surface area contributed by atoms with Crippen LogP contribution in [0.15, 0.2) is 47.5 Å². The molecule has 0 atom stereocenters. The van der Waals surface area contributed by atoms with Gasteiger partial charge in [-0.3, -0.25) is 0 Å². The number of aromatic nitrogens is 1. The summed E-state index contributed by atoms with van der Waals surface area (Å²) in [6.07, 6.45) is 1.56. The highest BCUT2D eigenvalue weighted by atomic mass is 32.2. The molecule has 2 rings (SSSR count). The lowest BCUT2D eigenvalue weighted by Crippen LogP contribution is -2.29. The van der Waals surface area contributed by atoms with Gasteiger partial charge in [-0.15, -0.1) is 0 Å². The van der Waals surface area contributed by atoms with Crippen LogP contribution in [0.3, 0.4) is 0 Å². The molecule has 27 heavy (non-hydrogen) atoms. The number of hydrogen-bond acceptors (Lipinski definition) is 7. The molecule has 0 unspecified atom stereocenters. The van der Waals surface area contributed by atoms with E-state index in [1.807, 2.05) is 13.0 Å². The van der Waals surface area contributed by atoms with Crippen LogP contribution in [-0.4, -0.2) is 46.3 Å². The summed E-state index contributed by atoms with van der Waals surface area (Å²) in [4.78, 5) is 4.20. The van der Waals surface area contributed by atoms with Gasteiger partial charge in [-0.1, -0.05) is 0 Å². The Hall–Kier alpha value is -2.67. The third kappa shape index (κ3) is 6.53. The summed E-state index contributed by atoms with van der Waals surface area (Å²) in [5, 5.41) is 11.9. The summed E-state index contributed by atoms with van der Waals surface area (Å²) in [5.41, 5.74) is 0.403. The first-order chi connectivity index (χ1) is 13.1. The fourth-order valence-electron chi connectivity index (χ4n) is 2.16. The van der Waals surface area contributed by atoms with Gasteiger partial charge in [-0.25, -0.2) is 18.1 Å². The smallest absolute Gasteiger partial charge is 0.240 e. The Labute approximate surface area is 159 Å². The van der Waals surface area contributed by atoms with Gasteiger partial charge in [0.1, 0.15) is 24.2 Å². The Bertz CT molecular complexity index is 864. The van der Waals surface area contributed by atoms with Crippen LogP contribution in [0.5, 0.6) is 5.75 Å². The average Bonchev–Trinajstić information content (AvgIpc) is 2.69. The lowest BCUT2D eigenvalue weighted by atomic mass is 10.3. The molecule has 0 bridgehead atoms. The van der Waals surface area contributed by atoms with Gasteiger partial charge in [0.2, 0.25) is 10.0 Å². The van der Waals surface area contributed by atoms with Crippen molar-refractivity contribution in [1.82, 2.24) is 9.71 Å². The van der Waals surface area contributed by atoms with E-state index < -0.39 is 10.0 Å². The molecule has 0 fully saturated rings. The molecule has 8 nitrogen and oxygen atoms in total. The van der Waals surface area contributed by atoms with Gasteiger partial charge in [-0.05, 0) is 43.3 Å². The van der Waals surface area contributed by atoms with Gasteiger partial charge in [0.15, 0.2) is 0 Å². The van der Waals surface area contributed by atoms with Crippen molar-refractivity contribution in [3.05, 3.63) is 48.2 Å². The van der Waals surface area contributed by atoms with Crippen LogP contribution in [0.4, 0.5) is 5.82 Å². The van der Waals surface area contributed by atoms with E-state index in [0.29, 0.717) is 43.5 Å². The standard InChI is InChI=1S/C18H22N4O4S/c1-2-25-12-13-26-16-5-7-17(8-6-16)27(23,24)22-11-10-21-18-15(14-19)4-3-9-20-18/h3-9,22H,2,10-13H2,1H3,(H,20,21). The number of rotatable bonds is 11. The fourth-order valence-corrected chi connectivity index (χ4v) is 3.20. The summed E-state index contributed by atoms with van der Waals surface area (Å²) >= 11 is 0. The Morgan fingerprint density at radius 2 is 1.93 bits per heavy atom. The molecule has 0 saturated carbocycles. The number of ether oxygens (including phenoxy) is 2. The zero-order valence-electron chi connectivity index (χ0n) is 15.0. The lowest BCUT2D eigenvalue weighted by molar-refractivity contribution is 0.110. The normalized spacial score (nSPS) is 11.0. The van der Waals surface area contributed by atoms with Gasteiger partial charge < -0.3 is 14.8 Å². The van der Waals surface area contributed by atoms with Gasteiger partial charge in [0, 0.05) is 25.9 Å². The minimum absolute atomic E-state index is 0.148. The molecule has 0 aliphatic carbocycles. The van der Waals surface area contributed by atoms with E-state index in [0.717, 1.165) is 0 Å². The highest BCUT2D eigenvalue weighted by molar-refractivity contribution is 7.89. The maximum absolute atomic E-state index is 12.3. The number of sulfonamides is 1. The predicted octanol–water partition coefficient (Wildman–Crippen LogP) is 1.76. The molecule has 2 aromatic rings. The minimum Gasteiger partial charge on any atom is -0.491 e. The van der Waals surface area contributed by atoms with E-state index in [-0.39, 0.29) is 11.4 Å². The molecule has 0 spiro atoms. The Balaban J connectivity index is 1.82. The lowest BCUT2D eigenvalue weighted by Gasteiger charge is -2.10. The average molecular weight is 390 g/mol. The van der Waals surface area contributed by atoms with Crippen molar-refractivity contribution in [2.75, 3.05) is 38.2 Å². The van der Waals surface area contributed by atoms with E-state index in [9.17, 15) is 8.42 Å². The molecule has 1 heterocycles. The summed E-state index contributed by atoms with van der Waals surface area (Å²) in [7, 11) is -3.63. The molecule has 0 saturated heterocycles. The van der Waals surface area contributed by atoms with Crippen LogP contribution in [0.2, 0.25) is 0 Å². The first-order valence-corrected chi connectivity index (χ1v) is 9.94. The Morgan fingerprint density at radius 1 is 1.15 bits per heavy atom. The predicted molar refractivity (Wildman–Crippen MR) is 101 cm³/mol. The van der Waals surface area contributed by atoms with Crippen LogP contribution in [0.25, 0.3) is 0 Å². The number of nitrogens with zero attached hydrogens (tertiary/aromatic N) is 2. The first kappa shape index (κ1) is 20.6. The maximum Gasteiger partial charge on any atom is 0.240 e. The summed E-state index contributed by atoms with van der Waals surface area (Å²) < 4.78 is 37.8. The number of benzene rings is 1. The van der Waals surface area contributed by atoms with Crippen LogP contribution in [-0.2, 0) is 14.8 Å². The monoisotopic (exact) mass is 390 g/mol. The largest absolute Gasteiger partial charge is 0.491 e. The van der Waals surface area contributed by atoms with Gasteiger partial charge in [0.05, 0.1) is 17.1 Å². The molecule has 0 aliphatic heterocycles. The third-order valence-electron chi connectivity index (χ3n) is 3.47. The second-order valence-corrected chi connectivity index (χ2v) is 7.12. The van der Waals surface area contributed by atoms with Crippen LogP contribution >= 0.6 is 0 Å². The molecule has 0 amide bonds. The Kier molecular flexibility index (Phi) is 8.00. The number of nitrogens with one attached hydrogen (secondary N) is 2. The molecule has 0 aliphatic rings. The number of anilines is 1.